The lowest BCUT2D eigenvalue weighted by Gasteiger charge is -2.33. The molecule has 2 saturated carbocycles. The third kappa shape index (κ3) is 3.19. The highest BCUT2D eigenvalue weighted by Gasteiger charge is 2.34. The second kappa shape index (κ2) is 6.79. The Bertz CT molecular complexity index is 931. The van der Waals surface area contributed by atoms with E-state index in [1.807, 2.05) is 12.5 Å². The molecule has 2 aromatic heterocycles. The van der Waals surface area contributed by atoms with Gasteiger partial charge in [-0.2, -0.15) is 0 Å². The fourth-order valence-electron chi connectivity index (χ4n) is 4.91. The van der Waals surface area contributed by atoms with Gasteiger partial charge in [-0.15, -0.1) is 0 Å². The molecule has 0 spiro atoms. The van der Waals surface area contributed by atoms with Gasteiger partial charge in [-0.25, -0.2) is 4.98 Å². The van der Waals surface area contributed by atoms with E-state index in [0.29, 0.717) is 17.8 Å². The Balaban J connectivity index is 1.37. The third-order valence-corrected chi connectivity index (χ3v) is 6.72. The van der Waals surface area contributed by atoms with Crippen LogP contribution < -0.4 is 0 Å². The molecule has 1 atom stereocenters. The van der Waals surface area contributed by atoms with Crippen molar-refractivity contribution in [3.8, 4) is 0 Å². The fraction of sp³-hybridized carbons (Fsp3) is 0.458. The van der Waals surface area contributed by atoms with Crippen LogP contribution in [0.1, 0.15) is 78.8 Å². The summed E-state index contributed by atoms with van der Waals surface area (Å²) in [5.74, 6) is 1.61. The molecule has 1 N–H and O–H groups in total. The van der Waals surface area contributed by atoms with E-state index in [1.165, 1.54) is 42.4 Å². The van der Waals surface area contributed by atoms with Crippen molar-refractivity contribution < 1.29 is 5.11 Å². The van der Waals surface area contributed by atoms with Crippen LogP contribution in [0.2, 0.25) is 0 Å². The molecule has 2 fully saturated rings. The molecule has 0 bridgehead atoms. The molecule has 2 aliphatic rings. The maximum atomic E-state index is 11.4. The first-order valence-electron chi connectivity index (χ1n) is 10.4. The number of fused-ring (bicyclic) bond motifs is 1. The molecule has 0 saturated heterocycles. The maximum Gasteiger partial charge on any atom is 0.0995 e. The number of aromatic nitrogens is 2. The number of aliphatic hydroxyl groups is 1. The third-order valence-electron chi connectivity index (χ3n) is 6.72. The fourth-order valence-corrected chi connectivity index (χ4v) is 4.91. The minimum atomic E-state index is -0.391. The van der Waals surface area contributed by atoms with E-state index in [4.69, 9.17) is 0 Å². The summed E-state index contributed by atoms with van der Waals surface area (Å²) in [7, 11) is 0. The van der Waals surface area contributed by atoms with Crippen LogP contribution in [0, 0.1) is 12.8 Å². The molecule has 1 aromatic carbocycles. The van der Waals surface area contributed by atoms with Gasteiger partial charge in [0.1, 0.15) is 0 Å². The molecule has 0 unspecified atom stereocenters. The van der Waals surface area contributed by atoms with Crippen molar-refractivity contribution in [3.05, 3.63) is 71.3 Å². The van der Waals surface area contributed by atoms with Crippen molar-refractivity contribution in [1.29, 1.82) is 0 Å². The van der Waals surface area contributed by atoms with E-state index in [2.05, 4.69) is 52.7 Å². The van der Waals surface area contributed by atoms with Crippen LogP contribution in [0.4, 0.5) is 0 Å². The normalized spacial score (nSPS) is 24.2. The molecule has 140 valence electrons. The minimum absolute atomic E-state index is 0.345. The summed E-state index contributed by atoms with van der Waals surface area (Å²) in [5.41, 5.74) is 6.31. The summed E-state index contributed by atoms with van der Waals surface area (Å²) in [6.45, 7) is 2.14. The van der Waals surface area contributed by atoms with E-state index < -0.39 is 6.10 Å². The number of pyridine rings is 1. The van der Waals surface area contributed by atoms with Crippen molar-refractivity contribution in [2.75, 3.05) is 0 Å². The largest absolute Gasteiger partial charge is 0.387 e. The van der Waals surface area contributed by atoms with Crippen LogP contribution >= 0.6 is 0 Å². The molecule has 3 aromatic rings. The van der Waals surface area contributed by atoms with Gasteiger partial charge in [0.25, 0.3) is 0 Å². The number of imidazole rings is 1. The monoisotopic (exact) mass is 360 g/mol. The Morgan fingerprint density at radius 1 is 0.926 bits per heavy atom. The van der Waals surface area contributed by atoms with Gasteiger partial charge in [-0.05, 0) is 80.4 Å². The average Bonchev–Trinajstić information content (AvgIpc) is 3.44. The quantitative estimate of drug-likeness (QED) is 0.664. The summed E-state index contributed by atoms with van der Waals surface area (Å²) in [6, 6.07) is 13.4. The van der Waals surface area contributed by atoms with E-state index in [0.717, 1.165) is 24.1 Å². The van der Waals surface area contributed by atoms with Crippen molar-refractivity contribution >= 4 is 5.52 Å². The summed E-state index contributed by atoms with van der Waals surface area (Å²) in [6.07, 6.45) is 10.4. The minimum Gasteiger partial charge on any atom is -0.387 e. The SMILES string of the molecule is Cc1ccc(C2CCC([C@H](O)c3c(C4CC4)ccc4cncn34)CC2)cc1. The van der Waals surface area contributed by atoms with Crippen LogP contribution in [0.25, 0.3) is 5.52 Å². The molecule has 0 aliphatic heterocycles. The maximum absolute atomic E-state index is 11.4. The van der Waals surface area contributed by atoms with Crippen LogP contribution in [0.3, 0.4) is 0 Å². The van der Waals surface area contributed by atoms with E-state index in [1.54, 1.807) is 0 Å². The van der Waals surface area contributed by atoms with Crippen molar-refractivity contribution in [1.82, 2.24) is 9.38 Å². The van der Waals surface area contributed by atoms with Crippen molar-refractivity contribution in [2.45, 2.75) is 63.4 Å². The lowest BCUT2D eigenvalue weighted by Crippen LogP contribution is -2.22. The van der Waals surface area contributed by atoms with Crippen LogP contribution in [-0.4, -0.2) is 14.5 Å². The Morgan fingerprint density at radius 2 is 1.63 bits per heavy atom. The predicted octanol–water partition coefficient (Wildman–Crippen LogP) is 5.53. The first-order chi connectivity index (χ1) is 13.2. The van der Waals surface area contributed by atoms with Crippen molar-refractivity contribution in [3.63, 3.8) is 0 Å². The van der Waals surface area contributed by atoms with Gasteiger partial charge in [-0.1, -0.05) is 35.9 Å². The number of rotatable bonds is 4. The van der Waals surface area contributed by atoms with Gasteiger partial charge in [0, 0.05) is 0 Å². The molecule has 2 aliphatic carbocycles. The Morgan fingerprint density at radius 3 is 2.33 bits per heavy atom. The van der Waals surface area contributed by atoms with Crippen LogP contribution in [0.15, 0.2) is 48.9 Å². The van der Waals surface area contributed by atoms with Crippen LogP contribution in [0.5, 0.6) is 0 Å². The zero-order valence-corrected chi connectivity index (χ0v) is 16.0. The standard InChI is InChI=1S/C24H28N2O/c1-16-2-4-17(5-3-16)18-6-10-20(11-7-18)24(27)23-22(19-8-9-19)13-12-21-14-25-15-26(21)23/h2-5,12-15,18-20,24,27H,6-11H2,1H3/t18?,20?,24-/m0/s1. The van der Waals surface area contributed by atoms with Gasteiger partial charge < -0.3 is 9.51 Å². The number of benzene rings is 1. The molecule has 27 heavy (non-hydrogen) atoms. The highest BCUT2D eigenvalue weighted by atomic mass is 16.3. The van der Waals surface area contributed by atoms with E-state index >= 15 is 0 Å². The second-order valence-electron chi connectivity index (χ2n) is 8.60. The predicted molar refractivity (Wildman–Crippen MR) is 108 cm³/mol. The topological polar surface area (TPSA) is 37.5 Å². The zero-order chi connectivity index (χ0) is 18.4. The molecule has 3 heteroatoms. The van der Waals surface area contributed by atoms with E-state index in [9.17, 15) is 5.11 Å². The Labute approximate surface area is 161 Å². The summed E-state index contributed by atoms with van der Waals surface area (Å²) < 4.78 is 2.13. The highest BCUT2D eigenvalue weighted by molar-refractivity contribution is 5.50. The number of hydrogen-bond acceptors (Lipinski definition) is 2. The number of aliphatic hydroxyl groups excluding tert-OH is 1. The van der Waals surface area contributed by atoms with Crippen molar-refractivity contribution in [2.24, 2.45) is 5.92 Å². The molecule has 3 nitrogen and oxygen atoms in total. The molecule has 5 rings (SSSR count). The number of nitrogens with zero attached hydrogens (tertiary/aromatic N) is 2. The zero-order valence-electron chi connectivity index (χ0n) is 16.0. The summed E-state index contributed by atoms with van der Waals surface area (Å²) in [5, 5.41) is 11.4. The summed E-state index contributed by atoms with van der Waals surface area (Å²) in [4.78, 5) is 4.32. The van der Waals surface area contributed by atoms with Gasteiger partial charge in [0.05, 0.1) is 29.8 Å². The smallest absolute Gasteiger partial charge is 0.0995 e. The molecular weight excluding hydrogens is 332 g/mol. The molecule has 2 heterocycles. The van der Waals surface area contributed by atoms with Crippen LogP contribution in [-0.2, 0) is 0 Å². The lowest BCUT2D eigenvalue weighted by atomic mass is 9.75. The second-order valence-corrected chi connectivity index (χ2v) is 8.60. The van der Waals surface area contributed by atoms with Gasteiger partial charge >= 0.3 is 0 Å². The highest BCUT2D eigenvalue weighted by Crippen LogP contribution is 2.47. The summed E-state index contributed by atoms with van der Waals surface area (Å²) >= 11 is 0. The Hall–Kier alpha value is -2.13. The molecule has 0 radical (unpaired) electrons. The lowest BCUT2D eigenvalue weighted by molar-refractivity contribution is 0.0754. The van der Waals surface area contributed by atoms with Gasteiger partial charge in [-0.3, -0.25) is 0 Å². The van der Waals surface area contributed by atoms with Gasteiger partial charge in [0.2, 0.25) is 0 Å². The Kier molecular flexibility index (Phi) is 4.28. The molecule has 0 amide bonds. The number of hydrogen-bond donors (Lipinski definition) is 1. The first-order valence-corrected chi connectivity index (χ1v) is 10.4. The first kappa shape index (κ1) is 17.0. The molecular formula is C24H28N2O. The van der Waals surface area contributed by atoms with E-state index in [-0.39, 0.29) is 0 Å². The number of aryl methyl sites for hydroxylation is 1. The average molecular weight is 361 g/mol. The van der Waals surface area contributed by atoms with Gasteiger partial charge in [0.15, 0.2) is 0 Å².